The Morgan fingerprint density at radius 2 is 2.37 bits per heavy atom. The number of aliphatic hydroxyl groups excluding tert-OH is 1. The topological polar surface area (TPSA) is 38.7 Å². The van der Waals surface area contributed by atoms with Crippen molar-refractivity contribution in [3.8, 4) is 11.8 Å². The van der Waals surface area contributed by atoms with Crippen molar-refractivity contribution in [1.29, 1.82) is 0 Å². The van der Waals surface area contributed by atoms with Crippen LogP contribution in [-0.4, -0.2) is 31.0 Å². The molecule has 2 rings (SSSR count). The molecule has 1 heterocycles. The molecule has 4 heteroatoms. The fraction of sp³-hybridized carbons (Fsp3) is 0.467. The molecule has 0 saturated carbocycles. The third kappa shape index (κ3) is 4.32. The predicted octanol–water partition coefficient (Wildman–Crippen LogP) is 1.87. The Kier molecular flexibility index (Phi) is 5.34. The van der Waals surface area contributed by atoms with E-state index in [1.54, 1.807) is 6.07 Å². The van der Waals surface area contributed by atoms with E-state index >= 15 is 0 Å². The summed E-state index contributed by atoms with van der Waals surface area (Å²) in [6.45, 7) is 1.76. The molecule has 0 radical (unpaired) electrons. The van der Waals surface area contributed by atoms with Gasteiger partial charge >= 0.3 is 0 Å². The number of hydrogen-bond donors (Lipinski definition) is 1. The Bertz CT molecular complexity index is 470. The zero-order valence-corrected chi connectivity index (χ0v) is 10.7. The first-order chi connectivity index (χ1) is 9.29. The molecule has 1 fully saturated rings. The highest BCUT2D eigenvalue weighted by atomic mass is 19.1. The van der Waals surface area contributed by atoms with Gasteiger partial charge in [0, 0.05) is 18.6 Å². The summed E-state index contributed by atoms with van der Waals surface area (Å²) in [5, 5.41) is 8.70. The van der Waals surface area contributed by atoms with Gasteiger partial charge in [0.15, 0.2) is 0 Å². The Morgan fingerprint density at radius 1 is 1.47 bits per heavy atom. The Balaban J connectivity index is 2.03. The molecule has 0 bridgehead atoms. The second-order valence-electron chi connectivity index (χ2n) is 4.37. The van der Waals surface area contributed by atoms with Crippen LogP contribution in [0.15, 0.2) is 18.2 Å². The Labute approximate surface area is 112 Å². The van der Waals surface area contributed by atoms with Gasteiger partial charge < -0.3 is 14.6 Å². The molecule has 1 aromatic carbocycles. The number of hydrogen-bond acceptors (Lipinski definition) is 3. The van der Waals surface area contributed by atoms with Crippen LogP contribution in [0.5, 0.6) is 0 Å². The third-order valence-electron chi connectivity index (χ3n) is 2.89. The second kappa shape index (κ2) is 7.25. The van der Waals surface area contributed by atoms with E-state index in [1.807, 2.05) is 0 Å². The Hall–Kier alpha value is -1.41. The van der Waals surface area contributed by atoms with Gasteiger partial charge in [0.1, 0.15) is 5.82 Å². The van der Waals surface area contributed by atoms with Gasteiger partial charge in [-0.1, -0.05) is 17.9 Å². The zero-order chi connectivity index (χ0) is 13.5. The minimum Gasteiger partial charge on any atom is -0.395 e. The summed E-state index contributed by atoms with van der Waals surface area (Å²) >= 11 is 0. The van der Waals surface area contributed by atoms with Crippen LogP contribution in [0.1, 0.15) is 24.0 Å². The minimum absolute atomic E-state index is 0.00750. The molecule has 0 spiro atoms. The molecule has 0 amide bonds. The van der Waals surface area contributed by atoms with Crippen LogP contribution < -0.4 is 0 Å². The SMILES string of the molecule is OCCC#Cc1cc(F)ccc1COC1CCOC1. The largest absolute Gasteiger partial charge is 0.395 e. The molecule has 1 aliphatic rings. The fourth-order valence-corrected chi connectivity index (χ4v) is 1.86. The lowest BCUT2D eigenvalue weighted by Crippen LogP contribution is -2.12. The molecular weight excluding hydrogens is 247 g/mol. The number of benzene rings is 1. The standard InChI is InChI=1S/C15H17FO3/c16-14-5-4-13(10-19-15-6-8-18-11-15)12(9-14)3-1-2-7-17/h4-5,9,15,17H,2,6-8,10-11H2. The summed E-state index contributed by atoms with van der Waals surface area (Å²) in [4.78, 5) is 0. The van der Waals surface area contributed by atoms with Crippen LogP contribution in [0.3, 0.4) is 0 Å². The van der Waals surface area contributed by atoms with E-state index in [2.05, 4.69) is 11.8 Å². The maximum absolute atomic E-state index is 13.2. The van der Waals surface area contributed by atoms with E-state index in [-0.39, 0.29) is 18.5 Å². The van der Waals surface area contributed by atoms with Crippen molar-refractivity contribution in [3.05, 3.63) is 35.1 Å². The van der Waals surface area contributed by atoms with E-state index in [1.165, 1.54) is 12.1 Å². The van der Waals surface area contributed by atoms with Crippen molar-refractivity contribution >= 4 is 0 Å². The van der Waals surface area contributed by atoms with Gasteiger partial charge in [0.05, 0.1) is 25.9 Å². The quantitative estimate of drug-likeness (QED) is 0.844. The van der Waals surface area contributed by atoms with Crippen molar-refractivity contribution in [2.75, 3.05) is 19.8 Å². The fourth-order valence-electron chi connectivity index (χ4n) is 1.86. The molecule has 1 aromatic rings. The summed E-state index contributed by atoms with van der Waals surface area (Å²) < 4.78 is 24.2. The molecule has 102 valence electrons. The summed E-state index contributed by atoms with van der Waals surface area (Å²) in [6, 6.07) is 4.49. The van der Waals surface area contributed by atoms with E-state index in [0.29, 0.717) is 25.2 Å². The van der Waals surface area contributed by atoms with Gasteiger partial charge in [0.2, 0.25) is 0 Å². The summed E-state index contributed by atoms with van der Waals surface area (Å²) in [5.41, 5.74) is 1.48. The number of rotatable bonds is 4. The van der Waals surface area contributed by atoms with Gasteiger partial charge in [-0.15, -0.1) is 0 Å². The van der Waals surface area contributed by atoms with Crippen LogP contribution in [0.2, 0.25) is 0 Å². The van der Waals surface area contributed by atoms with E-state index in [4.69, 9.17) is 14.6 Å². The van der Waals surface area contributed by atoms with E-state index < -0.39 is 0 Å². The Morgan fingerprint density at radius 3 is 3.11 bits per heavy atom. The first-order valence-corrected chi connectivity index (χ1v) is 6.37. The smallest absolute Gasteiger partial charge is 0.124 e. The minimum atomic E-state index is -0.318. The van der Waals surface area contributed by atoms with Crippen molar-refractivity contribution < 1.29 is 19.0 Å². The highest BCUT2D eigenvalue weighted by Crippen LogP contribution is 2.15. The van der Waals surface area contributed by atoms with Crippen molar-refractivity contribution in [2.45, 2.75) is 25.6 Å². The summed E-state index contributed by atoms with van der Waals surface area (Å²) in [5.74, 6) is 5.35. The molecule has 1 N–H and O–H groups in total. The van der Waals surface area contributed by atoms with Gasteiger partial charge in [0.25, 0.3) is 0 Å². The molecule has 1 unspecified atom stereocenters. The lowest BCUT2D eigenvalue weighted by Gasteiger charge is -2.11. The monoisotopic (exact) mass is 264 g/mol. The first kappa shape index (κ1) is 14.0. The highest BCUT2D eigenvalue weighted by Gasteiger charge is 2.16. The number of aliphatic hydroxyl groups is 1. The average molecular weight is 264 g/mol. The average Bonchev–Trinajstić information content (AvgIpc) is 2.91. The van der Waals surface area contributed by atoms with Gasteiger partial charge in [-0.2, -0.15) is 0 Å². The lowest BCUT2D eigenvalue weighted by molar-refractivity contribution is 0.0316. The molecule has 0 aromatic heterocycles. The van der Waals surface area contributed by atoms with E-state index in [0.717, 1.165) is 18.6 Å². The second-order valence-corrected chi connectivity index (χ2v) is 4.37. The molecular formula is C15H17FO3. The van der Waals surface area contributed by atoms with Crippen molar-refractivity contribution in [3.63, 3.8) is 0 Å². The molecule has 0 aliphatic carbocycles. The molecule has 19 heavy (non-hydrogen) atoms. The van der Waals surface area contributed by atoms with Crippen LogP contribution in [-0.2, 0) is 16.1 Å². The highest BCUT2D eigenvalue weighted by molar-refractivity contribution is 5.41. The summed E-state index contributed by atoms with van der Waals surface area (Å²) in [7, 11) is 0. The predicted molar refractivity (Wildman–Crippen MR) is 69.0 cm³/mol. The third-order valence-corrected chi connectivity index (χ3v) is 2.89. The van der Waals surface area contributed by atoms with Gasteiger partial charge in [-0.25, -0.2) is 4.39 Å². The number of halogens is 1. The first-order valence-electron chi connectivity index (χ1n) is 6.37. The molecule has 1 aliphatic heterocycles. The van der Waals surface area contributed by atoms with Gasteiger partial charge in [-0.3, -0.25) is 0 Å². The van der Waals surface area contributed by atoms with Gasteiger partial charge in [-0.05, 0) is 24.1 Å². The van der Waals surface area contributed by atoms with Crippen LogP contribution in [0.4, 0.5) is 4.39 Å². The zero-order valence-electron chi connectivity index (χ0n) is 10.7. The molecule has 1 saturated heterocycles. The maximum atomic E-state index is 13.2. The number of ether oxygens (including phenoxy) is 2. The molecule has 3 nitrogen and oxygen atoms in total. The normalized spacial score (nSPS) is 18.1. The van der Waals surface area contributed by atoms with Crippen molar-refractivity contribution in [1.82, 2.24) is 0 Å². The van der Waals surface area contributed by atoms with Crippen molar-refractivity contribution in [2.24, 2.45) is 0 Å². The lowest BCUT2D eigenvalue weighted by atomic mass is 10.1. The van der Waals surface area contributed by atoms with Crippen LogP contribution >= 0.6 is 0 Å². The maximum Gasteiger partial charge on any atom is 0.124 e. The summed E-state index contributed by atoms with van der Waals surface area (Å²) in [6.07, 6.45) is 1.39. The molecule has 1 atom stereocenters. The van der Waals surface area contributed by atoms with Crippen LogP contribution in [0, 0.1) is 17.7 Å². The van der Waals surface area contributed by atoms with Crippen LogP contribution in [0.25, 0.3) is 0 Å². The van der Waals surface area contributed by atoms with E-state index in [9.17, 15) is 4.39 Å².